The van der Waals surface area contributed by atoms with Crippen LogP contribution in [0.15, 0.2) is 16.9 Å². The standard InChI is InChI=1S/C12H17N3O4/c1-3-4-7-15-10(16)6-5-9(13-15)12(19)14(2)8-11(17)18/h5-6H,3-4,7-8H2,1-2H3,(H,17,18). The van der Waals surface area contributed by atoms with Gasteiger partial charge in [-0.3, -0.25) is 14.4 Å². The first-order chi connectivity index (χ1) is 8.95. The third-order valence-electron chi connectivity index (χ3n) is 2.53. The van der Waals surface area contributed by atoms with E-state index in [0.29, 0.717) is 6.54 Å². The lowest BCUT2D eigenvalue weighted by Crippen LogP contribution is -2.34. The van der Waals surface area contributed by atoms with Crippen LogP contribution in [0.3, 0.4) is 0 Å². The Bertz CT molecular complexity index is 524. The van der Waals surface area contributed by atoms with E-state index in [2.05, 4.69) is 5.10 Å². The van der Waals surface area contributed by atoms with Gasteiger partial charge < -0.3 is 10.0 Å². The zero-order valence-electron chi connectivity index (χ0n) is 11.0. The molecule has 0 spiro atoms. The number of aromatic nitrogens is 2. The van der Waals surface area contributed by atoms with E-state index in [1.54, 1.807) is 0 Å². The highest BCUT2D eigenvalue weighted by Gasteiger charge is 2.16. The Labute approximate surface area is 110 Å². The maximum atomic E-state index is 11.9. The minimum atomic E-state index is -1.10. The molecule has 0 saturated heterocycles. The number of likely N-dealkylation sites (N-methyl/N-ethyl adjacent to an activating group) is 1. The lowest BCUT2D eigenvalue weighted by Gasteiger charge is -2.14. The Hall–Kier alpha value is -2.18. The molecule has 1 heterocycles. The topological polar surface area (TPSA) is 92.5 Å². The molecule has 1 amide bonds. The van der Waals surface area contributed by atoms with Gasteiger partial charge in [0.15, 0.2) is 0 Å². The Kier molecular flexibility index (Phi) is 5.23. The third-order valence-corrected chi connectivity index (χ3v) is 2.53. The van der Waals surface area contributed by atoms with Gasteiger partial charge >= 0.3 is 5.97 Å². The van der Waals surface area contributed by atoms with Crippen molar-refractivity contribution in [3.63, 3.8) is 0 Å². The molecule has 0 aliphatic heterocycles. The molecule has 0 aromatic carbocycles. The summed E-state index contributed by atoms with van der Waals surface area (Å²) in [6.07, 6.45) is 1.70. The molecule has 19 heavy (non-hydrogen) atoms. The Balaban J connectivity index is 2.91. The van der Waals surface area contributed by atoms with Crippen molar-refractivity contribution in [2.45, 2.75) is 26.3 Å². The number of amides is 1. The van der Waals surface area contributed by atoms with Gasteiger partial charge in [-0.2, -0.15) is 5.10 Å². The van der Waals surface area contributed by atoms with Crippen molar-refractivity contribution < 1.29 is 14.7 Å². The third kappa shape index (κ3) is 4.20. The maximum absolute atomic E-state index is 11.9. The summed E-state index contributed by atoms with van der Waals surface area (Å²) in [6.45, 7) is 2.02. The number of unbranched alkanes of at least 4 members (excludes halogenated alkanes) is 1. The van der Waals surface area contributed by atoms with E-state index < -0.39 is 18.4 Å². The van der Waals surface area contributed by atoms with Gasteiger partial charge in [-0.15, -0.1) is 0 Å². The number of aliphatic carboxylic acids is 1. The van der Waals surface area contributed by atoms with Gasteiger partial charge in [0.05, 0.1) is 0 Å². The summed E-state index contributed by atoms with van der Waals surface area (Å²) in [7, 11) is 1.37. The monoisotopic (exact) mass is 267 g/mol. The number of hydrogen-bond acceptors (Lipinski definition) is 4. The normalized spacial score (nSPS) is 10.2. The average Bonchev–Trinajstić information content (AvgIpc) is 2.36. The lowest BCUT2D eigenvalue weighted by atomic mass is 10.3. The SMILES string of the molecule is CCCCn1nc(C(=O)N(C)CC(=O)O)ccc1=O. The van der Waals surface area contributed by atoms with Gasteiger partial charge in [0, 0.05) is 19.7 Å². The molecule has 7 nitrogen and oxygen atoms in total. The maximum Gasteiger partial charge on any atom is 0.323 e. The van der Waals surface area contributed by atoms with Crippen LogP contribution in [0.5, 0.6) is 0 Å². The van der Waals surface area contributed by atoms with Gasteiger partial charge in [-0.1, -0.05) is 13.3 Å². The second-order valence-corrected chi connectivity index (χ2v) is 4.19. The van der Waals surface area contributed by atoms with Gasteiger partial charge in [0.2, 0.25) is 0 Å². The fourth-order valence-electron chi connectivity index (χ4n) is 1.50. The van der Waals surface area contributed by atoms with Crippen LogP contribution >= 0.6 is 0 Å². The molecule has 0 aliphatic rings. The molecular weight excluding hydrogens is 250 g/mol. The number of nitrogens with zero attached hydrogens (tertiary/aromatic N) is 3. The van der Waals surface area contributed by atoms with Crippen molar-refractivity contribution in [3.8, 4) is 0 Å². The van der Waals surface area contributed by atoms with Crippen LogP contribution in [0.1, 0.15) is 30.3 Å². The molecule has 1 aromatic rings. The molecule has 1 rings (SSSR count). The minimum absolute atomic E-state index is 0.0689. The number of rotatable bonds is 6. The second-order valence-electron chi connectivity index (χ2n) is 4.19. The molecule has 7 heteroatoms. The summed E-state index contributed by atoms with van der Waals surface area (Å²) in [5, 5.41) is 12.6. The van der Waals surface area contributed by atoms with Crippen LogP contribution < -0.4 is 5.56 Å². The van der Waals surface area contributed by atoms with Gasteiger partial charge in [-0.25, -0.2) is 4.68 Å². The van der Waals surface area contributed by atoms with E-state index >= 15 is 0 Å². The summed E-state index contributed by atoms with van der Waals surface area (Å²) < 4.78 is 1.23. The number of carboxylic acid groups (broad SMARTS) is 1. The van der Waals surface area contributed by atoms with Gasteiger partial charge in [0.1, 0.15) is 12.2 Å². The number of hydrogen-bond donors (Lipinski definition) is 1. The molecule has 0 bridgehead atoms. The highest BCUT2D eigenvalue weighted by Crippen LogP contribution is 1.98. The molecule has 0 aliphatic carbocycles. The van der Waals surface area contributed by atoms with Crippen LogP contribution in [0, 0.1) is 0 Å². The quantitative estimate of drug-likeness (QED) is 0.794. The van der Waals surface area contributed by atoms with Crippen molar-refractivity contribution >= 4 is 11.9 Å². The van der Waals surface area contributed by atoms with Crippen LogP contribution in [-0.4, -0.2) is 45.3 Å². The number of aryl methyl sites for hydroxylation is 1. The first-order valence-corrected chi connectivity index (χ1v) is 6.01. The molecule has 104 valence electrons. The molecule has 0 saturated carbocycles. The highest BCUT2D eigenvalue weighted by molar-refractivity contribution is 5.93. The number of carboxylic acids is 1. The fourth-order valence-corrected chi connectivity index (χ4v) is 1.50. The van der Waals surface area contributed by atoms with E-state index in [1.807, 2.05) is 6.92 Å². The highest BCUT2D eigenvalue weighted by atomic mass is 16.4. The van der Waals surface area contributed by atoms with Crippen LogP contribution in [0.2, 0.25) is 0 Å². The number of carbonyl (C=O) groups is 2. The van der Waals surface area contributed by atoms with Crippen LogP contribution in [0.4, 0.5) is 0 Å². The molecule has 0 unspecified atom stereocenters. The zero-order valence-corrected chi connectivity index (χ0v) is 11.0. The van der Waals surface area contributed by atoms with Crippen molar-refractivity contribution in [1.29, 1.82) is 0 Å². The minimum Gasteiger partial charge on any atom is -0.480 e. The molecule has 1 aromatic heterocycles. The fraction of sp³-hybridized carbons (Fsp3) is 0.500. The van der Waals surface area contributed by atoms with Crippen molar-refractivity contribution in [2.24, 2.45) is 0 Å². The molecule has 1 N–H and O–H groups in total. The van der Waals surface area contributed by atoms with Crippen molar-refractivity contribution in [1.82, 2.24) is 14.7 Å². The molecular formula is C12H17N3O4. The average molecular weight is 267 g/mol. The Morgan fingerprint density at radius 2 is 2.11 bits per heavy atom. The second kappa shape index (κ2) is 6.67. The van der Waals surface area contributed by atoms with E-state index in [0.717, 1.165) is 17.7 Å². The Morgan fingerprint density at radius 1 is 1.42 bits per heavy atom. The first kappa shape index (κ1) is 14.9. The van der Waals surface area contributed by atoms with E-state index in [1.165, 1.54) is 23.9 Å². The van der Waals surface area contributed by atoms with Crippen LogP contribution in [0.25, 0.3) is 0 Å². The predicted octanol–water partition coefficient (Wildman–Crippen LogP) is 0.200. The van der Waals surface area contributed by atoms with Crippen molar-refractivity contribution in [2.75, 3.05) is 13.6 Å². The summed E-state index contributed by atoms with van der Waals surface area (Å²) in [5.41, 5.74) is -0.203. The summed E-state index contributed by atoms with van der Waals surface area (Å²) in [6, 6.07) is 2.58. The van der Waals surface area contributed by atoms with E-state index in [9.17, 15) is 14.4 Å². The van der Waals surface area contributed by atoms with E-state index in [-0.39, 0.29) is 11.3 Å². The first-order valence-electron chi connectivity index (χ1n) is 6.01. The lowest BCUT2D eigenvalue weighted by molar-refractivity contribution is -0.137. The number of carbonyl (C=O) groups excluding carboxylic acids is 1. The van der Waals surface area contributed by atoms with Gasteiger partial charge in [0.25, 0.3) is 11.5 Å². The van der Waals surface area contributed by atoms with Crippen LogP contribution in [-0.2, 0) is 11.3 Å². The summed E-state index contributed by atoms with van der Waals surface area (Å²) in [4.78, 5) is 35.0. The van der Waals surface area contributed by atoms with E-state index in [4.69, 9.17) is 5.11 Å². The largest absolute Gasteiger partial charge is 0.480 e. The zero-order chi connectivity index (χ0) is 14.4. The summed E-state index contributed by atoms with van der Waals surface area (Å²) in [5.74, 6) is -1.62. The Morgan fingerprint density at radius 3 is 2.68 bits per heavy atom. The predicted molar refractivity (Wildman–Crippen MR) is 68.0 cm³/mol. The van der Waals surface area contributed by atoms with Crippen molar-refractivity contribution in [3.05, 3.63) is 28.2 Å². The molecule has 0 fully saturated rings. The smallest absolute Gasteiger partial charge is 0.323 e. The van der Waals surface area contributed by atoms with Gasteiger partial charge in [-0.05, 0) is 12.5 Å². The summed E-state index contributed by atoms with van der Waals surface area (Å²) >= 11 is 0. The molecule has 0 radical (unpaired) electrons. The molecule has 0 atom stereocenters.